The number of carbonyl (C=O) groups is 4. The smallest absolute Gasteiger partial charge is 0.410 e. The Labute approximate surface area is 190 Å². The summed E-state index contributed by atoms with van der Waals surface area (Å²) in [5, 5.41) is 21.9. The molecule has 33 heavy (non-hydrogen) atoms. The Balaban J connectivity index is 1.61. The number of benzene rings is 1. The zero-order valence-corrected chi connectivity index (χ0v) is 18.3. The summed E-state index contributed by atoms with van der Waals surface area (Å²) < 4.78 is 10.2. The van der Waals surface area contributed by atoms with E-state index in [1.807, 2.05) is 30.3 Å². The molecule has 3 amide bonds. The van der Waals surface area contributed by atoms with Gasteiger partial charge in [0.2, 0.25) is 0 Å². The number of amides is 3. The van der Waals surface area contributed by atoms with E-state index in [1.165, 1.54) is 21.8 Å². The summed E-state index contributed by atoms with van der Waals surface area (Å²) in [7, 11) is 1.24. The van der Waals surface area contributed by atoms with Crippen LogP contribution in [0.25, 0.3) is 0 Å². The molecular weight excluding hydrogens is 436 g/mol. The number of nitrogens with zero attached hydrogens (tertiary/aromatic N) is 3. The molecule has 2 fully saturated rings. The van der Waals surface area contributed by atoms with Crippen molar-refractivity contribution >= 4 is 24.2 Å². The Bertz CT molecular complexity index is 867. The molecule has 2 aliphatic rings. The summed E-state index contributed by atoms with van der Waals surface area (Å²) in [4.78, 5) is 51.4. The van der Waals surface area contributed by atoms with Crippen molar-refractivity contribution < 1.29 is 38.9 Å². The van der Waals surface area contributed by atoms with Gasteiger partial charge in [-0.2, -0.15) is 0 Å². The molecule has 2 heterocycles. The lowest BCUT2D eigenvalue weighted by molar-refractivity contribution is -0.145. The first kappa shape index (κ1) is 24.1. The van der Waals surface area contributed by atoms with Crippen LogP contribution in [0, 0.1) is 0 Å². The molecule has 0 bridgehead atoms. The van der Waals surface area contributed by atoms with Gasteiger partial charge in [0.25, 0.3) is 0 Å². The molecule has 1 unspecified atom stereocenters. The maximum Gasteiger partial charge on any atom is 0.410 e. The Morgan fingerprint density at radius 2 is 1.76 bits per heavy atom. The minimum absolute atomic E-state index is 0.0324. The summed E-state index contributed by atoms with van der Waals surface area (Å²) in [5.74, 6) is -0.571. The molecule has 2 aliphatic heterocycles. The molecule has 2 saturated heterocycles. The Hall–Kier alpha value is -3.54. The van der Waals surface area contributed by atoms with Crippen LogP contribution in [0.5, 0.6) is 0 Å². The fraction of sp³-hybridized carbons (Fsp3) is 0.524. The number of ether oxygens (including phenoxy) is 2. The summed E-state index contributed by atoms with van der Waals surface area (Å²) in [6, 6.07) is 7.38. The minimum Gasteiger partial charge on any atom is -0.467 e. The number of esters is 1. The van der Waals surface area contributed by atoms with E-state index >= 15 is 0 Å². The highest BCUT2D eigenvalue weighted by Gasteiger charge is 2.42. The molecule has 12 nitrogen and oxygen atoms in total. The summed E-state index contributed by atoms with van der Waals surface area (Å²) in [6.45, 7) is 0.596. The second-order valence-corrected chi connectivity index (χ2v) is 7.93. The lowest BCUT2D eigenvalue weighted by Gasteiger charge is -2.39. The Kier molecular flexibility index (Phi) is 7.93. The summed E-state index contributed by atoms with van der Waals surface area (Å²) in [5.41, 5.74) is 0.809. The van der Waals surface area contributed by atoms with E-state index in [9.17, 15) is 29.4 Å². The van der Waals surface area contributed by atoms with Crippen LogP contribution in [0.4, 0.5) is 14.4 Å². The lowest BCUT2D eigenvalue weighted by atomic mass is 10.1. The van der Waals surface area contributed by atoms with Gasteiger partial charge < -0.3 is 34.8 Å². The van der Waals surface area contributed by atoms with Gasteiger partial charge >= 0.3 is 24.2 Å². The van der Waals surface area contributed by atoms with Crippen LogP contribution in [-0.2, 0) is 20.9 Å². The van der Waals surface area contributed by atoms with Crippen molar-refractivity contribution in [1.29, 1.82) is 0 Å². The molecule has 0 aliphatic carbocycles. The van der Waals surface area contributed by atoms with Crippen LogP contribution in [0.2, 0.25) is 0 Å². The van der Waals surface area contributed by atoms with Gasteiger partial charge in [0.05, 0.1) is 13.2 Å². The van der Waals surface area contributed by atoms with E-state index < -0.39 is 36.3 Å². The fourth-order valence-corrected chi connectivity index (χ4v) is 4.11. The van der Waals surface area contributed by atoms with E-state index in [1.54, 1.807) is 0 Å². The molecule has 0 aromatic heterocycles. The first-order valence-corrected chi connectivity index (χ1v) is 10.6. The number of hydrogen-bond acceptors (Lipinski definition) is 7. The van der Waals surface area contributed by atoms with Gasteiger partial charge in [-0.3, -0.25) is 4.90 Å². The Morgan fingerprint density at radius 1 is 1.03 bits per heavy atom. The molecular formula is C21H28N4O8. The van der Waals surface area contributed by atoms with E-state index in [-0.39, 0.29) is 51.8 Å². The molecule has 1 aromatic rings. The quantitative estimate of drug-likeness (QED) is 0.521. The molecule has 3 N–H and O–H groups in total. The number of methoxy groups -OCH3 is 1. The number of carbonyl (C=O) groups excluding carboxylic acids is 2. The average molecular weight is 464 g/mol. The number of nitrogens with one attached hydrogen (secondary N) is 1. The average Bonchev–Trinajstić information content (AvgIpc) is 3.25. The lowest BCUT2D eigenvalue weighted by Crippen LogP contribution is -2.59. The monoisotopic (exact) mass is 464 g/mol. The number of piperazine rings is 1. The van der Waals surface area contributed by atoms with Crippen molar-refractivity contribution in [3.8, 4) is 0 Å². The van der Waals surface area contributed by atoms with Crippen LogP contribution in [0.15, 0.2) is 30.3 Å². The normalized spacial score (nSPS) is 22.7. The number of likely N-dealkylation sites (tertiary alicyclic amines) is 1. The van der Waals surface area contributed by atoms with Gasteiger partial charge in [-0.1, -0.05) is 30.3 Å². The topological polar surface area (TPSA) is 149 Å². The van der Waals surface area contributed by atoms with Crippen LogP contribution in [0.3, 0.4) is 0 Å². The predicted molar refractivity (Wildman–Crippen MR) is 114 cm³/mol. The first-order chi connectivity index (χ1) is 15.8. The zero-order valence-electron chi connectivity index (χ0n) is 18.3. The van der Waals surface area contributed by atoms with Gasteiger partial charge in [0.1, 0.15) is 12.6 Å². The summed E-state index contributed by atoms with van der Waals surface area (Å²) in [6.07, 6.45) is -2.63. The maximum atomic E-state index is 12.7. The van der Waals surface area contributed by atoms with Gasteiger partial charge in [-0.25, -0.2) is 19.2 Å². The second kappa shape index (κ2) is 10.9. The molecule has 180 valence electrons. The second-order valence-electron chi connectivity index (χ2n) is 7.93. The molecule has 0 spiro atoms. The van der Waals surface area contributed by atoms with Crippen molar-refractivity contribution in [2.24, 2.45) is 0 Å². The van der Waals surface area contributed by atoms with Crippen molar-refractivity contribution in [2.75, 3.05) is 39.8 Å². The molecule has 3 atom stereocenters. The molecule has 1 aromatic carbocycles. The standard InChI is InChI=1S/C21H28N4O8/c1-32-18(26)17-9-15(11-25(17)21(31)33-13-14-5-3-2-4-6-14)22-10-16-12-23(19(27)28)7-8-24(16)20(29)30/h2-6,15-17,22H,7-13H2,1H3,(H,27,28)(H,29,30)/t15-,16?,17+/m0/s1. The molecule has 3 rings (SSSR count). The Morgan fingerprint density at radius 3 is 2.39 bits per heavy atom. The third-order valence-corrected chi connectivity index (χ3v) is 5.86. The van der Waals surface area contributed by atoms with Gasteiger partial charge in [-0.05, 0) is 12.0 Å². The first-order valence-electron chi connectivity index (χ1n) is 10.6. The van der Waals surface area contributed by atoms with Gasteiger partial charge in [0, 0.05) is 38.8 Å². The van der Waals surface area contributed by atoms with Crippen LogP contribution >= 0.6 is 0 Å². The number of hydrogen-bond donors (Lipinski definition) is 3. The van der Waals surface area contributed by atoms with E-state index in [4.69, 9.17) is 9.47 Å². The highest BCUT2D eigenvalue weighted by molar-refractivity contribution is 5.82. The largest absolute Gasteiger partial charge is 0.467 e. The third-order valence-electron chi connectivity index (χ3n) is 5.86. The van der Waals surface area contributed by atoms with Gasteiger partial charge in [-0.15, -0.1) is 0 Å². The maximum absolute atomic E-state index is 12.7. The summed E-state index contributed by atoms with van der Waals surface area (Å²) >= 11 is 0. The highest BCUT2D eigenvalue weighted by Crippen LogP contribution is 2.21. The molecule has 0 radical (unpaired) electrons. The van der Waals surface area contributed by atoms with Crippen LogP contribution in [-0.4, -0.2) is 107 Å². The SMILES string of the molecule is COC(=O)[C@H]1C[C@H](NCC2CN(C(=O)O)CCN2C(=O)O)CN1C(=O)OCc1ccccc1. The number of carboxylic acid groups (broad SMARTS) is 2. The third kappa shape index (κ3) is 6.04. The minimum atomic E-state index is -1.13. The van der Waals surface area contributed by atoms with Crippen molar-refractivity contribution in [3.63, 3.8) is 0 Å². The van der Waals surface area contributed by atoms with E-state index in [2.05, 4.69) is 5.32 Å². The fourth-order valence-electron chi connectivity index (χ4n) is 4.11. The van der Waals surface area contributed by atoms with E-state index in [0.717, 1.165) is 5.56 Å². The highest BCUT2D eigenvalue weighted by atomic mass is 16.6. The van der Waals surface area contributed by atoms with Crippen LogP contribution < -0.4 is 5.32 Å². The van der Waals surface area contributed by atoms with E-state index in [0.29, 0.717) is 0 Å². The molecule has 0 saturated carbocycles. The van der Waals surface area contributed by atoms with Crippen molar-refractivity contribution in [3.05, 3.63) is 35.9 Å². The van der Waals surface area contributed by atoms with Crippen molar-refractivity contribution in [1.82, 2.24) is 20.0 Å². The van der Waals surface area contributed by atoms with Crippen LogP contribution in [0.1, 0.15) is 12.0 Å². The number of rotatable bonds is 6. The van der Waals surface area contributed by atoms with Gasteiger partial charge in [0.15, 0.2) is 0 Å². The predicted octanol–water partition coefficient (Wildman–Crippen LogP) is 0.871. The van der Waals surface area contributed by atoms with Crippen molar-refractivity contribution in [2.45, 2.75) is 31.2 Å². The molecule has 12 heteroatoms. The zero-order chi connectivity index (χ0) is 24.0.